The fourth-order valence-corrected chi connectivity index (χ4v) is 3.21. The zero-order chi connectivity index (χ0) is 13.9. The van der Waals surface area contributed by atoms with Gasteiger partial charge >= 0.3 is 0 Å². The van der Waals surface area contributed by atoms with Crippen molar-refractivity contribution in [2.75, 3.05) is 24.6 Å². The van der Waals surface area contributed by atoms with Crippen molar-refractivity contribution in [2.45, 2.75) is 6.54 Å². The third-order valence-corrected chi connectivity index (χ3v) is 4.65. The topological polar surface area (TPSA) is 109 Å². The summed E-state index contributed by atoms with van der Waals surface area (Å²) >= 11 is 0. The predicted molar refractivity (Wildman–Crippen MR) is 70.7 cm³/mol. The van der Waals surface area contributed by atoms with Crippen LogP contribution in [0.5, 0.6) is 0 Å². The number of amidine groups is 1. The van der Waals surface area contributed by atoms with E-state index in [1.165, 1.54) is 0 Å². The summed E-state index contributed by atoms with van der Waals surface area (Å²) in [6, 6.07) is 3.56. The standard InChI is InChI=1S/C11H16N4O3S/c12-11(14-16)10-7-9(1-2-13-10)8-15-3-5-19(17,18)6-4-15/h1-2,7,16H,3-6,8H2,(H2,12,14). The van der Waals surface area contributed by atoms with E-state index in [0.29, 0.717) is 25.3 Å². The van der Waals surface area contributed by atoms with Gasteiger partial charge in [-0.25, -0.2) is 8.42 Å². The summed E-state index contributed by atoms with van der Waals surface area (Å²) in [6.45, 7) is 1.69. The van der Waals surface area contributed by atoms with Gasteiger partial charge in [-0.1, -0.05) is 5.16 Å². The molecule has 1 aliphatic rings. The molecule has 1 fully saturated rings. The first-order chi connectivity index (χ1) is 9.00. The number of hydrogen-bond donors (Lipinski definition) is 2. The minimum atomic E-state index is -2.86. The van der Waals surface area contributed by atoms with Gasteiger partial charge < -0.3 is 10.9 Å². The van der Waals surface area contributed by atoms with Gasteiger partial charge in [-0.3, -0.25) is 9.88 Å². The number of rotatable bonds is 3. The Hall–Kier alpha value is -1.67. The lowest BCUT2D eigenvalue weighted by atomic mass is 10.2. The van der Waals surface area contributed by atoms with E-state index in [2.05, 4.69) is 15.0 Å². The lowest BCUT2D eigenvalue weighted by molar-refractivity contribution is 0.287. The lowest BCUT2D eigenvalue weighted by Crippen LogP contribution is -2.39. The van der Waals surface area contributed by atoms with Crippen LogP contribution in [0, 0.1) is 0 Å². The first kappa shape index (κ1) is 13.8. The molecular formula is C11H16N4O3S. The highest BCUT2D eigenvalue weighted by atomic mass is 32.2. The van der Waals surface area contributed by atoms with E-state index in [1.54, 1.807) is 12.3 Å². The molecule has 0 saturated carbocycles. The molecule has 3 N–H and O–H groups in total. The van der Waals surface area contributed by atoms with Crippen LogP contribution in [0.15, 0.2) is 23.5 Å². The van der Waals surface area contributed by atoms with E-state index in [4.69, 9.17) is 10.9 Å². The summed E-state index contributed by atoms with van der Waals surface area (Å²) in [5, 5.41) is 11.5. The van der Waals surface area contributed by atoms with Crippen LogP contribution in [0.1, 0.15) is 11.3 Å². The number of aromatic nitrogens is 1. The van der Waals surface area contributed by atoms with Gasteiger partial charge in [0.1, 0.15) is 5.69 Å². The van der Waals surface area contributed by atoms with Crippen LogP contribution in [0.4, 0.5) is 0 Å². The summed E-state index contributed by atoms with van der Waals surface area (Å²) in [5.74, 6) is 0.360. The summed E-state index contributed by atoms with van der Waals surface area (Å²) < 4.78 is 22.7. The van der Waals surface area contributed by atoms with Crippen molar-refractivity contribution in [1.82, 2.24) is 9.88 Å². The molecule has 0 spiro atoms. The van der Waals surface area contributed by atoms with Crippen LogP contribution in [-0.2, 0) is 16.4 Å². The maximum absolute atomic E-state index is 11.3. The second-order valence-electron chi connectivity index (χ2n) is 4.46. The normalized spacial score (nSPS) is 20.3. The van der Waals surface area contributed by atoms with Crippen molar-refractivity contribution in [3.8, 4) is 0 Å². The second-order valence-corrected chi connectivity index (χ2v) is 6.77. The Morgan fingerprint density at radius 2 is 2.16 bits per heavy atom. The molecule has 1 aromatic heterocycles. The van der Waals surface area contributed by atoms with Gasteiger partial charge in [0.25, 0.3) is 0 Å². The smallest absolute Gasteiger partial charge is 0.188 e. The van der Waals surface area contributed by atoms with Crippen molar-refractivity contribution in [3.63, 3.8) is 0 Å². The van der Waals surface area contributed by atoms with E-state index in [9.17, 15) is 8.42 Å². The molecule has 2 rings (SSSR count). The van der Waals surface area contributed by atoms with Crippen molar-refractivity contribution in [1.29, 1.82) is 0 Å². The number of nitrogens with zero attached hydrogens (tertiary/aromatic N) is 3. The molecule has 0 amide bonds. The fraction of sp³-hybridized carbons (Fsp3) is 0.455. The maximum atomic E-state index is 11.3. The fourth-order valence-electron chi connectivity index (χ4n) is 1.93. The molecule has 0 aliphatic carbocycles. The molecular weight excluding hydrogens is 268 g/mol. The van der Waals surface area contributed by atoms with Gasteiger partial charge in [0.2, 0.25) is 0 Å². The van der Waals surface area contributed by atoms with Gasteiger partial charge in [0.15, 0.2) is 15.7 Å². The third-order valence-electron chi connectivity index (χ3n) is 3.04. The van der Waals surface area contributed by atoms with E-state index in [0.717, 1.165) is 5.56 Å². The monoisotopic (exact) mass is 284 g/mol. The number of hydrogen-bond acceptors (Lipinski definition) is 6. The molecule has 104 valence electrons. The van der Waals surface area contributed by atoms with Crippen molar-refractivity contribution >= 4 is 15.7 Å². The highest BCUT2D eigenvalue weighted by Gasteiger charge is 2.21. The average molecular weight is 284 g/mol. The Morgan fingerprint density at radius 3 is 2.79 bits per heavy atom. The molecule has 1 saturated heterocycles. The number of sulfone groups is 1. The Balaban J connectivity index is 2.04. The van der Waals surface area contributed by atoms with E-state index in [-0.39, 0.29) is 17.3 Å². The average Bonchev–Trinajstić information content (AvgIpc) is 2.41. The van der Waals surface area contributed by atoms with E-state index < -0.39 is 9.84 Å². The summed E-state index contributed by atoms with van der Waals surface area (Å²) in [4.78, 5) is 6.06. The SMILES string of the molecule is NC(=NO)c1cc(CN2CCS(=O)(=O)CC2)ccn1. The molecule has 0 aromatic carbocycles. The highest BCUT2D eigenvalue weighted by molar-refractivity contribution is 7.91. The van der Waals surface area contributed by atoms with Crippen molar-refractivity contribution < 1.29 is 13.6 Å². The largest absolute Gasteiger partial charge is 0.409 e. The molecule has 8 heteroatoms. The molecule has 0 radical (unpaired) electrons. The minimum absolute atomic E-state index is 0.0388. The lowest BCUT2D eigenvalue weighted by Gasteiger charge is -2.26. The zero-order valence-electron chi connectivity index (χ0n) is 10.4. The summed E-state index contributed by atoms with van der Waals surface area (Å²) in [5.41, 5.74) is 6.84. The quantitative estimate of drug-likeness (QED) is 0.332. The first-order valence-electron chi connectivity index (χ1n) is 5.86. The Kier molecular flexibility index (Phi) is 4.01. The summed E-state index contributed by atoms with van der Waals surface area (Å²) in [6.07, 6.45) is 1.59. The van der Waals surface area contributed by atoms with Crippen LogP contribution in [-0.4, -0.2) is 53.9 Å². The first-order valence-corrected chi connectivity index (χ1v) is 7.68. The van der Waals surface area contributed by atoms with Crippen molar-refractivity contribution in [2.24, 2.45) is 10.9 Å². The maximum Gasteiger partial charge on any atom is 0.188 e. The Morgan fingerprint density at radius 1 is 1.47 bits per heavy atom. The van der Waals surface area contributed by atoms with Crippen LogP contribution in [0.3, 0.4) is 0 Å². The van der Waals surface area contributed by atoms with Gasteiger partial charge in [0, 0.05) is 25.8 Å². The van der Waals surface area contributed by atoms with Crippen molar-refractivity contribution in [3.05, 3.63) is 29.6 Å². The van der Waals surface area contributed by atoms with Crippen LogP contribution in [0.25, 0.3) is 0 Å². The Bertz CT molecular complexity index is 571. The second kappa shape index (κ2) is 5.54. The summed E-state index contributed by atoms with van der Waals surface area (Å²) in [7, 11) is -2.86. The van der Waals surface area contributed by atoms with Crippen LogP contribution < -0.4 is 5.73 Å². The van der Waals surface area contributed by atoms with E-state index in [1.807, 2.05) is 6.07 Å². The number of nitrogens with two attached hydrogens (primary N) is 1. The molecule has 0 unspecified atom stereocenters. The highest BCUT2D eigenvalue weighted by Crippen LogP contribution is 2.10. The van der Waals surface area contributed by atoms with Gasteiger partial charge in [-0.2, -0.15) is 0 Å². The van der Waals surface area contributed by atoms with Crippen LogP contribution in [0.2, 0.25) is 0 Å². The van der Waals surface area contributed by atoms with Gasteiger partial charge in [0.05, 0.1) is 11.5 Å². The van der Waals surface area contributed by atoms with E-state index >= 15 is 0 Å². The van der Waals surface area contributed by atoms with Crippen LogP contribution >= 0.6 is 0 Å². The molecule has 0 atom stereocenters. The number of oxime groups is 1. The van der Waals surface area contributed by atoms with Gasteiger partial charge in [-0.15, -0.1) is 0 Å². The Labute approximate surface area is 111 Å². The predicted octanol–water partition coefficient (Wildman–Crippen LogP) is -0.593. The number of pyridine rings is 1. The minimum Gasteiger partial charge on any atom is -0.409 e. The van der Waals surface area contributed by atoms with Gasteiger partial charge in [-0.05, 0) is 17.7 Å². The molecule has 2 heterocycles. The molecule has 19 heavy (non-hydrogen) atoms. The molecule has 1 aromatic rings. The zero-order valence-corrected chi connectivity index (χ0v) is 11.2. The molecule has 0 bridgehead atoms. The molecule has 1 aliphatic heterocycles. The molecule has 7 nitrogen and oxygen atoms in total. The third kappa shape index (κ3) is 3.65.